The molecule has 0 aromatic heterocycles. The molecule has 0 radical (unpaired) electrons. The first-order valence-electron chi connectivity index (χ1n) is 5.44. The maximum absolute atomic E-state index is 11.4. The van der Waals surface area contributed by atoms with Crippen molar-refractivity contribution in [3.05, 3.63) is 29.8 Å². The maximum Gasteiger partial charge on any atom is 0.414 e. The van der Waals surface area contributed by atoms with Crippen molar-refractivity contribution in [3.63, 3.8) is 0 Å². The average molecular weight is 235 g/mol. The standard InChI is InChI=1S/C12H13NO4/c1-2-16-11(14)9-3-5-10(6-4-9)13-7-8-17-12(13)15/h3-6H,2,7-8H2,1H3. The van der Waals surface area contributed by atoms with Gasteiger partial charge in [-0.05, 0) is 31.2 Å². The van der Waals surface area contributed by atoms with Gasteiger partial charge in [0.25, 0.3) is 0 Å². The summed E-state index contributed by atoms with van der Waals surface area (Å²) in [5.74, 6) is -0.358. The highest BCUT2D eigenvalue weighted by Crippen LogP contribution is 2.19. The van der Waals surface area contributed by atoms with E-state index < -0.39 is 0 Å². The molecule has 1 saturated heterocycles. The summed E-state index contributed by atoms with van der Waals surface area (Å²) in [4.78, 5) is 24.2. The minimum absolute atomic E-state index is 0.346. The first-order valence-corrected chi connectivity index (χ1v) is 5.44. The van der Waals surface area contributed by atoms with E-state index in [1.54, 1.807) is 31.2 Å². The Morgan fingerprint density at radius 1 is 1.41 bits per heavy atom. The van der Waals surface area contributed by atoms with Crippen LogP contribution in [0.15, 0.2) is 24.3 Å². The van der Waals surface area contributed by atoms with Crippen LogP contribution in [0.25, 0.3) is 0 Å². The molecular weight excluding hydrogens is 222 g/mol. The lowest BCUT2D eigenvalue weighted by molar-refractivity contribution is 0.0526. The molecule has 1 aliphatic heterocycles. The van der Waals surface area contributed by atoms with Crippen LogP contribution in [0, 0.1) is 0 Å². The first-order chi connectivity index (χ1) is 8.22. The molecule has 0 bridgehead atoms. The number of hydrogen-bond donors (Lipinski definition) is 0. The molecule has 1 aromatic rings. The number of nitrogens with zero attached hydrogens (tertiary/aromatic N) is 1. The Morgan fingerprint density at radius 3 is 2.65 bits per heavy atom. The average Bonchev–Trinajstić information content (AvgIpc) is 2.76. The second kappa shape index (κ2) is 4.86. The van der Waals surface area contributed by atoms with Gasteiger partial charge in [-0.25, -0.2) is 9.59 Å². The maximum atomic E-state index is 11.4. The summed E-state index contributed by atoms with van der Waals surface area (Å²) < 4.78 is 9.70. The summed E-state index contributed by atoms with van der Waals surface area (Å²) >= 11 is 0. The molecule has 0 unspecified atom stereocenters. The van der Waals surface area contributed by atoms with E-state index in [9.17, 15) is 9.59 Å². The SMILES string of the molecule is CCOC(=O)c1ccc(N2CCOC2=O)cc1. The summed E-state index contributed by atoms with van der Waals surface area (Å²) in [5, 5.41) is 0. The summed E-state index contributed by atoms with van der Waals surface area (Å²) in [5.41, 5.74) is 1.20. The number of benzene rings is 1. The third kappa shape index (κ3) is 2.38. The van der Waals surface area contributed by atoms with Crippen molar-refractivity contribution >= 4 is 17.7 Å². The molecule has 90 valence electrons. The van der Waals surface area contributed by atoms with Gasteiger partial charge in [0, 0.05) is 5.69 Å². The number of rotatable bonds is 3. The van der Waals surface area contributed by atoms with Crippen molar-refractivity contribution in [2.75, 3.05) is 24.7 Å². The fourth-order valence-corrected chi connectivity index (χ4v) is 1.62. The molecule has 0 spiro atoms. The Kier molecular flexibility index (Phi) is 3.27. The van der Waals surface area contributed by atoms with Crippen LogP contribution in [0.2, 0.25) is 0 Å². The Bertz CT molecular complexity index is 427. The van der Waals surface area contributed by atoms with Gasteiger partial charge in [-0.2, -0.15) is 0 Å². The molecule has 0 atom stereocenters. The number of carbonyl (C=O) groups excluding carboxylic acids is 2. The molecule has 0 saturated carbocycles. The van der Waals surface area contributed by atoms with E-state index >= 15 is 0 Å². The number of ether oxygens (including phenoxy) is 2. The summed E-state index contributed by atoms with van der Waals surface area (Å²) in [6.45, 7) is 3.04. The fourth-order valence-electron chi connectivity index (χ4n) is 1.62. The highest BCUT2D eigenvalue weighted by Gasteiger charge is 2.23. The van der Waals surface area contributed by atoms with Crippen molar-refractivity contribution in [2.45, 2.75) is 6.92 Å². The van der Waals surface area contributed by atoms with Gasteiger partial charge in [0.2, 0.25) is 0 Å². The van der Waals surface area contributed by atoms with Crippen LogP contribution in [0.3, 0.4) is 0 Å². The van der Waals surface area contributed by atoms with Crippen LogP contribution in [0.5, 0.6) is 0 Å². The molecule has 1 aromatic carbocycles. The Hall–Kier alpha value is -2.04. The molecule has 1 heterocycles. The number of carbonyl (C=O) groups is 2. The molecular formula is C12H13NO4. The zero-order valence-electron chi connectivity index (χ0n) is 9.51. The zero-order chi connectivity index (χ0) is 12.3. The molecule has 5 heteroatoms. The van der Waals surface area contributed by atoms with Gasteiger partial charge in [0.05, 0.1) is 18.7 Å². The van der Waals surface area contributed by atoms with Crippen LogP contribution in [0.4, 0.5) is 10.5 Å². The number of cyclic esters (lactones) is 1. The van der Waals surface area contributed by atoms with Crippen molar-refractivity contribution in [1.29, 1.82) is 0 Å². The van der Waals surface area contributed by atoms with Crippen LogP contribution in [-0.2, 0) is 9.47 Å². The minimum atomic E-state index is -0.358. The van der Waals surface area contributed by atoms with Crippen molar-refractivity contribution in [1.82, 2.24) is 0 Å². The molecule has 17 heavy (non-hydrogen) atoms. The van der Waals surface area contributed by atoms with Crippen molar-refractivity contribution in [3.8, 4) is 0 Å². The van der Waals surface area contributed by atoms with Gasteiger partial charge in [0.1, 0.15) is 6.61 Å². The quantitative estimate of drug-likeness (QED) is 0.750. The number of amides is 1. The smallest absolute Gasteiger partial charge is 0.414 e. The Balaban J connectivity index is 2.12. The van der Waals surface area contributed by atoms with Crippen molar-refractivity contribution < 1.29 is 19.1 Å². The van der Waals surface area contributed by atoms with Gasteiger partial charge in [0.15, 0.2) is 0 Å². The van der Waals surface area contributed by atoms with E-state index in [4.69, 9.17) is 9.47 Å². The summed E-state index contributed by atoms with van der Waals surface area (Å²) in [7, 11) is 0. The topological polar surface area (TPSA) is 55.8 Å². The fraction of sp³-hybridized carbons (Fsp3) is 0.333. The highest BCUT2D eigenvalue weighted by molar-refractivity contribution is 5.92. The van der Waals surface area contributed by atoms with E-state index in [1.807, 2.05) is 0 Å². The van der Waals surface area contributed by atoms with Crippen molar-refractivity contribution in [2.24, 2.45) is 0 Å². The van der Waals surface area contributed by atoms with Gasteiger partial charge >= 0.3 is 12.1 Å². The third-order valence-electron chi connectivity index (χ3n) is 2.45. The largest absolute Gasteiger partial charge is 0.462 e. The molecule has 0 aliphatic carbocycles. The van der Waals surface area contributed by atoms with Crippen LogP contribution >= 0.6 is 0 Å². The molecule has 5 nitrogen and oxygen atoms in total. The van der Waals surface area contributed by atoms with E-state index in [-0.39, 0.29) is 12.1 Å². The van der Waals surface area contributed by atoms with E-state index in [0.717, 1.165) is 5.69 Å². The predicted molar refractivity (Wildman–Crippen MR) is 61.1 cm³/mol. The monoisotopic (exact) mass is 235 g/mol. The third-order valence-corrected chi connectivity index (χ3v) is 2.45. The van der Waals surface area contributed by atoms with E-state index in [0.29, 0.717) is 25.3 Å². The van der Waals surface area contributed by atoms with Gasteiger partial charge < -0.3 is 9.47 Å². The Labute approximate surface area is 98.9 Å². The summed E-state index contributed by atoms with van der Waals surface area (Å²) in [6, 6.07) is 6.69. The van der Waals surface area contributed by atoms with E-state index in [1.165, 1.54) is 4.90 Å². The minimum Gasteiger partial charge on any atom is -0.462 e. The van der Waals surface area contributed by atoms with Gasteiger partial charge in [-0.1, -0.05) is 0 Å². The predicted octanol–water partition coefficient (Wildman–Crippen LogP) is 1.82. The molecule has 0 N–H and O–H groups in total. The Morgan fingerprint density at radius 2 is 2.12 bits per heavy atom. The molecule has 1 fully saturated rings. The van der Waals surface area contributed by atoms with E-state index in [2.05, 4.69) is 0 Å². The van der Waals surface area contributed by atoms with Crippen LogP contribution in [-0.4, -0.2) is 31.8 Å². The lowest BCUT2D eigenvalue weighted by Crippen LogP contribution is -2.23. The molecule has 1 amide bonds. The van der Waals surface area contributed by atoms with Gasteiger partial charge in [-0.15, -0.1) is 0 Å². The normalized spacial score (nSPS) is 14.6. The zero-order valence-corrected chi connectivity index (χ0v) is 9.51. The number of hydrogen-bond acceptors (Lipinski definition) is 4. The number of esters is 1. The van der Waals surface area contributed by atoms with Crippen LogP contribution < -0.4 is 4.90 Å². The summed E-state index contributed by atoms with van der Waals surface area (Å²) in [6.07, 6.45) is -0.353. The second-order valence-electron chi connectivity index (χ2n) is 3.53. The first kappa shape index (κ1) is 11.4. The molecule has 1 aliphatic rings. The molecule has 2 rings (SSSR count). The van der Waals surface area contributed by atoms with Gasteiger partial charge in [-0.3, -0.25) is 4.90 Å². The second-order valence-corrected chi connectivity index (χ2v) is 3.53. The highest BCUT2D eigenvalue weighted by atomic mass is 16.6. The lowest BCUT2D eigenvalue weighted by Gasteiger charge is -2.12. The lowest BCUT2D eigenvalue weighted by atomic mass is 10.2. The number of anilines is 1. The van der Waals surface area contributed by atoms with Crippen LogP contribution in [0.1, 0.15) is 17.3 Å².